The first-order valence-corrected chi connectivity index (χ1v) is 15.5. The van der Waals surface area contributed by atoms with Gasteiger partial charge in [-0.25, -0.2) is 4.79 Å². The first-order chi connectivity index (χ1) is 22.0. The quantitative estimate of drug-likeness (QED) is 0.168. The van der Waals surface area contributed by atoms with Gasteiger partial charge in [0.05, 0.1) is 0 Å². The number of aromatic nitrogens is 1. The summed E-state index contributed by atoms with van der Waals surface area (Å²) in [6, 6.07) is 12.1. The van der Waals surface area contributed by atoms with E-state index in [0.29, 0.717) is 18.7 Å². The Labute approximate surface area is 267 Å². The molecule has 3 unspecified atom stereocenters. The monoisotopic (exact) mass is 631 g/mol. The van der Waals surface area contributed by atoms with Crippen LogP contribution in [0.3, 0.4) is 0 Å². The summed E-state index contributed by atoms with van der Waals surface area (Å²) >= 11 is 0. The molecule has 2 heterocycles. The second-order valence-corrected chi connectivity index (χ2v) is 12.1. The molecule has 0 radical (unpaired) electrons. The zero-order valence-corrected chi connectivity index (χ0v) is 26.2. The predicted molar refractivity (Wildman–Crippen MR) is 171 cm³/mol. The molecule has 1 saturated heterocycles. The van der Waals surface area contributed by atoms with Crippen LogP contribution in [0.25, 0.3) is 10.8 Å². The smallest absolute Gasteiger partial charge is 0.328 e. The molecule has 1 aliphatic rings. The predicted octanol–water partition coefficient (Wildman–Crippen LogP) is 3.05. The minimum absolute atomic E-state index is 0.00241. The SMILES string of the molecule is Cc1cc(C(=O)NC(Cc2cccc3ccccc23)C(=O)NC(CC(C)C)C(=O)NC(/C=C/C(=O)O)C[C@@H]2CCCNC2=O)no1. The number of carbonyl (C=O) groups is 5. The Kier molecular flexibility index (Phi) is 11.7. The molecule has 1 aromatic heterocycles. The van der Waals surface area contributed by atoms with Crippen molar-refractivity contribution in [2.45, 2.75) is 71.0 Å². The third-order valence-electron chi connectivity index (χ3n) is 7.86. The van der Waals surface area contributed by atoms with E-state index in [1.807, 2.05) is 56.3 Å². The van der Waals surface area contributed by atoms with Gasteiger partial charge >= 0.3 is 5.97 Å². The maximum Gasteiger partial charge on any atom is 0.328 e. The van der Waals surface area contributed by atoms with E-state index in [0.717, 1.165) is 28.8 Å². The van der Waals surface area contributed by atoms with Crippen LogP contribution < -0.4 is 21.3 Å². The maximum absolute atomic E-state index is 13.9. The van der Waals surface area contributed by atoms with Crippen molar-refractivity contribution in [3.05, 3.63) is 77.7 Å². The van der Waals surface area contributed by atoms with Gasteiger partial charge in [0.1, 0.15) is 17.8 Å². The number of piperidine rings is 1. The zero-order chi connectivity index (χ0) is 33.2. The number of carbonyl (C=O) groups excluding carboxylic acids is 4. The third-order valence-corrected chi connectivity index (χ3v) is 7.86. The lowest BCUT2D eigenvalue weighted by molar-refractivity contribution is -0.131. The van der Waals surface area contributed by atoms with Crippen molar-refractivity contribution < 1.29 is 33.6 Å². The highest BCUT2D eigenvalue weighted by Gasteiger charge is 2.31. The molecule has 3 aromatic rings. The number of nitrogens with zero attached hydrogens (tertiary/aromatic N) is 1. The Bertz CT molecular complexity index is 1590. The fourth-order valence-corrected chi connectivity index (χ4v) is 5.61. The highest BCUT2D eigenvalue weighted by molar-refractivity contribution is 5.98. The van der Waals surface area contributed by atoms with Crippen LogP contribution in [-0.2, 0) is 25.6 Å². The number of nitrogens with one attached hydrogen (secondary N) is 4. The summed E-state index contributed by atoms with van der Waals surface area (Å²) in [5, 5.41) is 26.1. The van der Waals surface area contributed by atoms with Crippen LogP contribution in [0.1, 0.15) is 61.3 Å². The summed E-state index contributed by atoms with van der Waals surface area (Å²) in [6.07, 6.45) is 4.29. The number of carboxylic acids is 1. The molecular weight excluding hydrogens is 590 g/mol. The van der Waals surface area contributed by atoms with Gasteiger partial charge in [-0.3, -0.25) is 19.2 Å². The lowest BCUT2D eigenvalue weighted by atomic mass is 9.91. The maximum atomic E-state index is 13.9. The van der Waals surface area contributed by atoms with Crippen LogP contribution in [0.15, 0.2) is 65.2 Å². The molecule has 5 N–H and O–H groups in total. The van der Waals surface area contributed by atoms with E-state index in [1.165, 1.54) is 12.1 Å². The Hall–Kier alpha value is -5.00. The Balaban J connectivity index is 1.57. The van der Waals surface area contributed by atoms with Gasteiger partial charge in [-0.1, -0.05) is 67.5 Å². The molecular formula is C34H41N5O7. The lowest BCUT2D eigenvalue weighted by Crippen LogP contribution is -2.56. The number of hydrogen-bond donors (Lipinski definition) is 5. The van der Waals surface area contributed by atoms with E-state index < -0.39 is 47.7 Å². The van der Waals surface area contributed by atoms with Crippen molar-refractivity contribution in [3.63, 3.8) is 0 Å². The minimum atomic E-state index is -1.19. The second-order valence-electron chi connectivity index (χ2n) is 12.1. The van der Waals surface area contributed by atoms with Crippen LogP contribution in [0.5, 0.6) is 0 Å². The van der Waals surface area contributed by atoms with E-state index >= 15 is 0 Å². The Morgan fingerprint density at radius 2 is 1.78 bits per heavy atom. The van der Waals surface area contributed by atoms with E-state index in [4.69, 9.17) is 4.52 Å². The van der Waals surface area contributed by atoms with Crippen molar-refractivity contribution in [2.75, 3.05) is 6.54 Å². The van der Waals surface area contributed by atoms with Crippen molar-refractivity contribution in [2.24, 2.45) is 11.8 Å². The summed E-state index contributed by atoms with van der Waals surface area (Å²) in [4.78, 5) is 64.4. The van der Waals surface area contributed by atoms with Crippen LogP contribution >= 0.6 is 0 Å². The first-order valence-electron chi connectivity index (χ1n) is 15.5. The van der Waals surface area contributed by atoms with E-state index in [-0.39, 0.29) is 36.8 Å². The first kappa shape index (κ1) is 33.9. The van der Waals surface area contributed by atoms with E-state index in [2.05, 4.69) is 26.4 Å². The molecule has 0 aliphatic carbocycles. The number of rotatable bonds is 14. The van der Waals surface area contributed by atoms with Gasteiger partial charge in [-0.2, -0.15) is 0 Å². The summed E-state index contributed by atoms with van der Waals surface area (Å²) in [6.45, 7) is 6.04. The zero-order valence-electron chi connectivity index (χ0n) is 26.2. The van der Waals surface area contributed by atoms with Gasteiger partial charge < -0.3 is 30.9 Å². The van der Waals surface area contributed by atoms with E-state index in [1.54, 1.807) is 6.92 Å². The standard InChI is InChI=1S/C34H41N5O7/c1-20(2)16-27(32(43)36-25(13-14-30(40)41)18-24-11-7-15-35-31(24)42)37-33(44)28(38-34(45)29-17-21(3)46-39-29)19-23-10-6-9-22-8-4-5-12-26(22)23/h4-6,8-10,12-14,17,20,24-25,27-28H,7,11,15-16,18-19H2,1-3H3,(H,35,42)(H,36,43)(H,37,44)(H,38,45)(H,40,41)/b14-13+/t24-,25?,27?,28?/m0/s1. The van der Waals surface area contributed by atoms with Gasteiger partial charge in [-0.15, -0.1) is 0 Å². The van der Waals surface area contributed by atoms with Crippen molar-refractivity contribution in [3.8, 4) is 0 Å². The van der Waals surface area contributed by atoms with Crippen molar-refractivity contribution >= 4 is 40.4 Å². The summed E-state index contributed by atoms with van der Waals surface area (Å²) in [5.41, 5.74) is 0.842. The lowest BCUT2D eigenvalue weighted by Gasteiger charge is -2.28. The molecule has 2 aromatic carbocycles. The van der Waals surface area contributed by atoms with Crippen molar-refractivity contribution in [1.29, 1.82) is 0 Å². The van der Waals surface area contributed by atoms with Crippen LogP contribution in [0, 0.1) is 18.8 Å². The number of benzene rings is 2. The van der Waals surface area contributed by atoms with Gasteiger partial charge in [0.2, 0.25) is 17.7 Å². The normalized spacial score (nSPS) is 16.9. The second kappa shape index (κ2) is 15.8. The number of amides is 4. The molecule has 0 spiro atoms. The topological polar surface area (TPSA) is 180 Å². The Morgan fingerprint density at radius 3 is 2.48 bits per heavy atom. The van der Waals surface area contributed by atoms with Gasteiger partial charge in [0, 0.05) is 37.1 Å². The molecule has 4 atom stereocenters. The molecule has 0 saturated carbocycles. The molecule has 1 fully saturated rings. The van der Waals surface area contributed by atoms with Crippen molar-refractivity contribution in [1.82, 2.24) is 26.4 Å². The van der Waals surface area contributed by atoms with Gasteiger partial charge in [-0.05, 0) is 54.9 Å². The highest BCUT2D eigenvalue weighted by atomic mass is 16.5. The molecule has 4 amide bonds. The minimum Gasteiger partial charge on any atom is -0.478 e. The fourth-order valence-electron chi connectivity index (χ4n) is 5.61. The van der Waals surface area contributed by atoms with Crippen LogP contribution in [0.2, 0.25) is 0 Å². The molecule has 12 nitrogen and oxygen atoms in total. The number of aryl methyl sites for hydroxylation is 1. The molecule has 12 heteroatoms. The number of fused-ring (bicyclic) bond motifs is 1. The summed E-state index contributed by atoms with van der Waals surface area (Å²) in [5.74, 6) is -3.00. The molecule has 46 heavy (non-hydrogen) atoms. The molecule has 1 aliphatic heterocycles. The average Bonchev–Trinajstić information content (AvgIpc) is 3.46. The van der Waals surface area contributed by atoms with E-state index in [9.17, 15) is 29.1 Å². The highest BCUT2D eigenvalue weighted by Crippen LogP contribution is 2.21. The molecule has 244 valence electrons. The molecule has 0 bridgehead atoms. The van der Waals surface area contributed by atoms with Gasteiger partial charge in [0.15, 0.2) is 5.69 Å². The summed E-state index contributed by atoms with van der Waals surface area (Å²) in [7, 11) is 0. The largest absolute Gasteiger partial charge is 0.478 e. The average molecular weight is 632 g/mol. The molecule has 4 rings (SSSR count). The van der Waals surface area contributed by atoms with Crippen LogP contribution in [-0.4, -0.2) is 64.5 Å². The summed E-state index contributed by atoms with van der Waals surface area (Å²) < 4.78 is 5.04. The van der Waals surface area contributed by atoms with Gasteiger partial charge in [0.25, 0.3) is 5.91 Å². The Morgan fingerprint density at radius 1 is 1.04 bits per heavy atom. The number of aliphatic carboxylic acids is 1. The fraction of sp³-hybridized carbons (Fsp3) is 0.412. The third kappa shape index (κ3) is 9.50. The number of carboxylic acid groups (broad SMARTS) is 1. The number of hydrogen-bond acceptors (Lipinski definition) is 7. The van der Waals surface area contributed by atoms with Crippen LogP contribution in [0.4, 0.5) is 0 Å².